The highest BCUT2D eigenvalue weighted by Gasteiger charge is 2.26. The van der Waals surface area contributed by atoms with Gasteiger partial charge in [-0.1, -0.05) is 25.8 Å². The van der Waals surface area contributed by atoms with E-state index >= 15 is 0 Å². The van der Waals surface area contributed by atoms with E-state index in [2.05, 4.69) is 25.8 Å². The number of benzene rings is 1. The predicted molar refractivity (Wildman–Crippen MR) is 82.3 cm³/mol. The van der Waals surface area contributed by atoms with Crippen LogP contribution in [0.2, 0.25) is 0 Å². The van der Waals surface area contributed by atoms with Gasteiger partial charge in [0.1, 0.15) is 11.5 Å². The predicted octanol–water partition coefficient (Wildman–Crippen LogP) is 3.97. The van der Waals surface area contributed by atoms with Crippen molar-refractivity contribution < 1.29 is 9.84 Å². The zero-order valence-electron chi connectivity index (χ0n) is 13.1. The summed E-state index contributed by atoms with van der Waals surface area (Å²) in [5, 5.41) is 10.2. The SMILES string of the molecule is COc1ccc(C(C)N(C)C2CCCC(C)C2)c(O)c1. The normalized spacial score (nSPS) is 24.6. The monoisotopic (exact) mass is 277 g/mol. The Balaban J connectivity index is 2.11. The molecule has 3 atom stereocenters. The van der Waals surface area contributed by atoms with Crippen molar-refractivity contribution >= 4 is 0 Å². The molecule has 112 valence electrons. The van der Waals surface area contributed by atoms with Gasteiger partial charge in [0.2, 0.25) is 0 Å². The Morgan fingerprint density at radius 2 is 2.10 bits per heavy atom. The van der Waals surface area contributed by atoms with Crippen molar-refractivity contribution in [2.75, 3.05) is 14.2 Å². The van der Waals surface area contributed by atoms with E-state index in [1.165, 1.54) is 25.7 Å². The summed E-state index contributed by atoms with van der Waals surface area (Å²) in [6.45, 7) is 4.51. The average molecular weight is 277 g/mol. The van der Waals surface area contributed by atoms with Gasteiger partial charge in [-0.2, -0.15) is 0 Å². The molecule has 1 aromatic rings. The van der Waals surface area contributed by atoms with Crippen LogP contribution >= 0.6 is 0 Å². The Kier molecular flexibility index (Phi) is 4.92. The zero-order valence-corrected chi connectivity index (χ0v) is 13.1. The quantitative estimate of drug-likeness (QED) is 0.903. The lowest BCUT2D eigenvalue weighted by Crippen LogP contribution is -2.37. The van der Waals surface area contributed by atoms with Crippen molar-refractivity contribution in [3.05, 3.63) is 23.8 Å². The van der Waals surface area contributed by atoms with E-state index < -0.39 is 0 Å². The first-order valence-electron chi connectivity index (χ1n) is 7.61. The minimum Gasteiger partial charge on any atom is -0.507 e. The van der Waals surface area contributed by atoms with Crippen molar-refractivity contribution in [3.63, 3.8) is 0 Å². The highest BCUT2D eigenvalue weighted by atomic mass is 16.5. The van der Waals surface area contributed by atoms with Gasteiger partial charge in [0.15, 0.2) is 0 Å². The molecule has 0 saturated heterocycles. The molecule has 3 nitrogen and oxygen atoms in total. The molecule has 20 heavy (non-hydrogen) atoms. The van der Waals surface area contributed by atoms with Gasteiger partial charge < -0.3 is 9.84 Å². The van der Waals surface area contributed by atoms with Crippen LogP contribution in [-0.2, 0) is 0 Å². The van der Waals surface area contributed by atoms with Crippen molar-refractivity contribution in [2.24, 2.45) is 5.92 Å². The molecule has 3 heteroatoms. The summed E-state index contributed by atoms with van der Waals surface area (Å²) in [7, 11) is 3.80. The third kappa shape index (κ3) is 3.26. The molecule has 0 amide bonds. The van der Waals surface area contributed by atoms with E-state index in [-0.39, 0.29) is 6.04 Å². The molecule has 1 aliphatic carbocycles. The second-order valence-electron chi connectivity index (χ2n) is 6.19. The van der Waals surface area contributed by atoms with Crippen LogP contribution in [0.5, 0.6) is 11.5 Å². The van der Waals surface area contributed by atoms with Crippen LogP contribution in [0, 0.1) is 5.92 Å². The van der Waals surface area contributed by atoms with Crippen LogP contribution in [0.15, 0.2) is 18.2 Å². The van der Waals surface area contributed by atoms with Crippen LogP contribution in [-0.4, -0.2) is 30.2 Å². The molecule has 1 N–H and O–H groups in total. The second-order valence-corrected chi connectivity index (χ2v) is 6.19. The number of hydrogen-bond acceptors (Lipinski definition) is 3. The van der Waals surface area contributed by atoms with Gasteiger partial charge in [0.05, 0.1) is 7.11 Å². The van der Waals surface area contributed by atoms with E-state index in [1.807, 2.05) is 12.1 Å². The van der Waals surface area contributed by atoms with Gasteiger partial charge >= 0.3 is 0 Å². The highest BCUT2D eigenvalue weighted by Crippen LogP contribution is 2.35. The maximum Gasteiger partial charge on any atom is 0.124 e. The second kappa shape index (κ2) is 6.49. The van der Waals surface area contributed by atoms with Gasteiger partial charge in [0.25, 0.3) is 0 Å². The van der Waals surface area contributed by atoms with Crippen molar-refractivity contribution in [2.45, 2.75) is 51.6 Å². The van der Waals surface area contributed by atoms with Gasteiger partial charge in [0, 0.05) is 23.7 Å². The van der Waals surface area contributed by atoms with E-state index in [4.69, 9.17) is 4.74 Å². The molecule has 1 aliphatic rings. The lowest BCUT2D eigenvalue weighted by atomic mass is 9.85. The molecule has 0 bridgehead atoms. The largest absolute Gasteiger partial charge is 0.507 e. The molecular weight excluding hydrogens is 250 g/mol. The summed E-state index contributed by atoms with van der Waals surface area (Å²) in [4.78, 5) is 2.41. The third-order valence-electron chi connectivity index (χ3n) is 4.78. The number of ether oxygens (including phenoxy) is 1. The summed E-state index contributed by atoms with van der Waals surface area (Å²) >= 11 is 0. The fourth-order valence-electron chi connectivity index (χ4n) is 3.31. The first kappa shape index (κ1) is 15.2. The molecule has 2 rings (SSSR count). The molecule has 0 spiro atoms. The van der Waals surface area contributed by atoms with Crippen LogP contribution in [0.3, 0.4) is 0 Å². The van der Waals surface area contributed by atoms with Gasteiger partial charge in [-0.25, -0.2) is 0 Å². The molecule has 1 aromatic carbocycles. The summed E-state index contributed by atoms with van der Waals surface area (Å²) in [5.74, 6) is 1.84. The van der Waals surface area contributed by atoms with E-state index in [9.17, 15) is 5.11 Å². The maximum absolute atomic E-state index is 10.2. The number of nitrogens with zero attached hydrogens (tertiary/aromatic N) is 1. The smallest absolute Gasteiger partial charge is 0.124 e. The molecule has 1 fully saturated rings. The molecule has 3 unspecified atom stereocenters. The Morgan fingerprint density at radius 3 is 2.70 bits per heavy atom. The number of hydrogen-bond donors (Lipinski definition) is 1. The van der Waals surface area contributed by atoms with Gasteiger partial charge in [-0.3, -0.25) is 4.90 Å². The minimum absolute atomic E-state index is 0.219. The lowest BCUT2D eigenvalue weighted by Gasteiger charge is -2.38. The number of methoxy groups -OCH3 is 1. The standard InChI is InChI=1S/C17H27NO2/c1-12-6-5-7-14(10-12)18(3)13(2)16-9-8-15(20-4)11-17(16)19/h8-9,11-14,19H,5-7,10H2,1-4H3. The molecule has 0 heterocycles. The topological polar surface area (TPSA) is 32.7 Å². The van der Waals surface area contributed by atoms with Crippen LogP contribution in [0.4, 0.5) is 0 Å². The van der Waals surface area contributed by atoms with E-state index in [0.29, 0.717) is 17.5 Å². The van der Waals surface area contributed by atoms with Crippen LogP contribution in [0.25, 0.3) is 0 Å². The van der Waals surface area contributed by atoms with E-state index in [1.54, 1.807) is 13.2 Å². The van der Waals surface area contributed by atoms with Crippen molar-refractivity contribution in [3.8, 4) is 11.5 Å². The Hall–Kier alpha value is -1.22. The summed E-state index contributed by atoms with van der Waals surface area (Å²) < 4.78 is 5.15. The molecule has 0 aliphatic heterocycles. The third-order valence-corrected chi connectivity index (χ3v) is 4.78. The maximum atomic E-state index is 10.2. The van der Waals surface area contributed by atoms with Crippen LogP contribution < -0.4 is 4.74 Å². The van der Waals surface area contributed by atoms with Crippen LogP contribution in [0.1, 0.15) is 51.1 Å². The fraction of sp³-hybridized carbons (Fsp3) is 0.647. The zero-order chi connectivity index (χ0) is 14.7. The van der Waals surface area contributed by atoms with Crippen molar-refractivity contribution in [1.82, 2.24) is 4.90 Å². The average Bonchev–Trinajstić information content (AvgIpc) is 2.45. The van der Waals surface area contributed by atoms with Gasteiger partial charge in [-0.05, 0) is 38.8 Å². The molecule has 0 radical (unpaired) electrons. The number of phenols is 1. The van der Waals surface area contributed by atoms with Crippen molar-refractivity contribution in [1.29, 1.82) is 0 Å². The molecular formula is C17H27NO2. The molecule has 1 saturated carbocycles. The summed E-state index contributed by atoms with van der Waals surface area (Å²) in [5.41, 5.74) is 0.978. The van der Waals surface area contributed by atoms with E-state index in [0.717, 1.165) is 11.5 Å². The Labute approximate surface area is 122 Å². The molecule has 0 aromatic heterocycles. The first-order valence-corrected chi connectivity index (χ1v) is 7.61. The summed E-state index contributed by atoms with van der Waals surface area (Å²) in [6.07, 6.45) is 5.20. The van der Waals surface area contributed by atoms with Gasteiger partial charge in [-0.15, -0.1) is 0 Å². The number of aromatic hydroxyl groups is 1. The first-order chi connectivity index (χ1) is 9.52. The number of rotatable bonds is 4. The Bertz CT molecular complexity index is 447. The number of phenolic OH excluding ortho intramolecular Hbond substituents is 1. The summed E-state index contributed by atoms with van der Waals surface area (Å²) in [6, 6.07) is 6.43. The Morgan fingerprint density at radius 1 is 1.35 bits per heavy atom. The lowest BCUT2D eigenvalue weighted by molar-refractivity contribution is 0.124. The minimum atomic E-state index is 0.219. The highest BCUT2D eigenvalue weighted by molar-refractivity contribution is 5.41. The fourth-order valence-corrected chi connectivity index (χ4v) is 3.31.